The van der Waals surface area contributed by atoms with Gasteiger partial charge in [0.05, 0.1) is 0 Å². The highest BCUT2D eigenvalue weighted by Gasteiger charge is 2.43. The molecular weight excluding hydrogens is 519 g/mol. The second-order valence-electron chi connectivity index (χ2n) is 13.2. The quantitative estimate of drug-likeness (QED) is 0.200. The van der Waals surface area contributed by atoms with Gasteiger partial charge in [-0.15, -0.1) is 0 Å². The maximum atomic E-state index is 2.60. The molecule has 0 bridgehead atoms. The Morgan fingerprint density at radius 1 is 0.535 bits per heavy atom. The van der Waals surface area contributed by atoms with Gasteiger partial charge in [0.2, 0.25) is 0 Å². The summed E-state index contributed by atoms with van der Waals surface area (Å²) in [7, 11) is 0. The molecule has 0 aromatic heterocycles. The largest absolute Gasteiger partial charge is 0.311 e. The van der Waals surface area contributed by atoms with Crippen molar-refractivity contribution in [1.29, 1.82) is 0 Å². The first-order valence-electron chi connectivity index (χ1n) is 16.1. The Balaban J connectivity index is 1.49. The van der Waals surface area contributed by atoms with Crippen LogP contribution in [0.1, 0.15) is 65.8 Å². The van der Waals surface area contributed by atoms with Crippen molar-refractivity contribution in [2.45, 2.75) is 65.7 Å². The Bertz CT molecular complexity index is 1880. The Kier molecular flexibility index (Phi) is 6.26. The maximum Gasteiger partial charge on any atom is 0.252 e. The minimum Gasteiger partial charge on any atom is -0.311 e. The van der Waals surface area contributed by atoms with Crippen LogP contribution in [0.4, 0.5) is 34.1 Å². The summed E-state index contributed by atoms with van der Waals surface area (Å²) in [6, 6.07) is 37.4. The molecule has 2 aliphatic heterocycles. The summed E-state index contributed by atoms with van der Waals surface area (Å²) >= 11 is 0. The van der Waals surface area contributed by atoms with E-state index < -0.39 is 0 Å². The lowest BCUT2D eigenvalue weighted by Gasteiger charge is -2.45. The smallest absolute Gasteiger partial charge is 0.252 e. The molecule has 1 aliphatic carbocycles. The van der Waals surface area contributed by atoms with Gasteiger partial charge in [-0.25, -0.2) is 0 Å². The molecule has 8 rings (SSSR count). The molecule has 43 heavy (non-hydrogen) atoms. The van der Waals surface area contributed by atoms with E-state index in [1.54, 1.807) is 0 Å². The van der Waals surface area contributed by atoms with E-state index in [0.717, 1.165) is 0 Å². The molecule has 0 radical (unpaired) electrons. The zero-order chi connectivity index (χ0) is 29.2. The van der Waals surface area contributed by atoms with Crippen molar-refractivity contribution in [1.82, 2.24) is 0 Å². The predicted octanol–water partition coefficient (Wildman–Crippen LogP) is 9.05. The van der Waals surface area contributed by atoms with Crippen molar-refractivity contribution in [3.05, 3.63) is 125 Å². The van der Waals surface area contributed by atoms with Crippen molar-refractivity contribution in [2.24, 2.45) is 0 Å². The van der Waals surface area contributed by atoms with Crippen LogP contribution in [-0.4, -0.2) is 6.71 Å². The molecule has 0 N–H and O–H groups in total. The minimum absolute atomic E-state index is 0.181. The average molecular weight is 559 g/mol. The summed E-state index contributed by atoms with van der Waals surface area (Å²) in [5.74, 6) is 0.602. The fourth-order valence-electron chi connectivity index (χ4n) is 8.11. The Labute approximate surface area is 257 Å². The first-order valence-corrected chi connectivity index (χ1v) is 16.1. The number of hydrogen-bond acceptors (Lipinski definition) is 2. The normalized spacial score (nSPS) is 15.7. The Hall–Kier alpha value is -4.24. The van der Waals surface area contributed by atoms with Crippen LogP contribution in [0.2, 0.25) is 0 Å². The number of nitrogens with zero attached hydrogens (tertiary/aromatic N) is 2. The van der Waals surface area contributed by atoms with Gasteiger partial charge in [0.15, 0.2) is 0 Å². The highest BCUT2D eigenvalue weighted by Crippen LogP contribution is 2.47. The molecular formula is C40H39BN2. The van der Waals surface area contributed by atoms with Crippen LogP contribution in [0.25, 0.3) is 0 Å². The van der Waals surface area contributed by atoms with E-state index in [4.69, 9.17) is 0 Å². The molecule has 0 atom stereocenters. The fourth-order valence-corrected chi connectivity index (χ4v) is 8.11. The van der Waals surface area contributed by atoms with Gasteiger partial charge in [0.1, 0.15) is 0 Å². The zero-order valence-corrected chi connectivity index (χ0v) is 25.8. The molecule has 0 saturated heterocycles. The molecule has 1 fully saturated rings. The number of benzene rings is 5. The molecule has 212 valence electrons. The van der Waals surface area contributed by atoms with Crippen molar-refractivity contribution < 1.29 is 0 Å². The van der Waals surface area contributed by atoms with Gasteiger partial charge in [-0.2, -0.15) is 0 Å². The van der Waals surface area contributed by atoms with Gasteiger partial charge >= 0.3 is 0 Å². The van der Waals surface area contributed by atoms with Crippen molar-refractivity contribution in [3.8, 4) is 0 Å². The van der Waals surface area contributed by atoms with E-state index in [0.29, 0.717) is 5.92 Å². The number of para-hydroxylation sites is 1. The molecule has 0 unspecified atom stereocenters. The standard InChI is InChI=1S/C40H39BN2/c1-26-11-10-14-32(22-26)42-36-16-9-8-15-33(36)41-34-19-17-28(3)23-37(34)43(35-20-18-27(2)21-29(35)4)39-25-31(24-38(42)40(39)41)30-12-6-5-7-13-30/h8-11,14-25,30H,5-7,12-13H2,1-4H3. The lowest BCUT2D eigenvalue weighted by molar-refractivity contribution is 0.444. The lowest BCUT2D eigenvalue weighted by atomic mass is 9.33. The van der Waals surface area contributed by atoms with Gasteiger partial charge in [0.25, 0.3) is 6.71 Å². The molecule has 5 aromatic rings. The van der Waals surface area contributed by atoms with Crippen molar-refractivity contribution >= 4 is 57.2 Å². The number of hydrogen-bond donors (Lipinski definition) is 0. The zero-order valence-electron chi connectivity index (χ0n) is 25.8. The number of anilines is 6. The van der Waals surface area contributed by atoms with E-state index >= 15 is 0 Å². The molecule has 2 heterocycles. The predicted molar refractivity (Wildman–Crippen MR) is 185 cm³/mol. The monoisotopic (exact) mass is 558 g/mol. The maximum absolute atomic E-state index is 2.60. The van der Waals surface area contributed by atoms with E-state index in [2.05, 4.69) is 135 Å². The third kappa shape index (κ3) is 4.24. The van der Waals surface area contributed by atoms with Crippen LogP contribution in [0, 0.1) is 27.7 Å². The van der Waals surface area contributed by atoms with Gasteiger partial charge < -0.3 is 9.80 Å². The van der Waals surface area contributed by atoms with E-state index in [1.165, 1.54) is 110 Å². The van der Waals surface area contributed by atoms with Crippen molar-refractivity contribution in [3.63, 3.8) is 0 Å². The van der Waals surface area contributed by atoms with Gasteiger partial charge in [-0.1, -0.05) is 79.4 Å². The lowest BCUT2D eigenvalue weighted by Crippen LogP contribution is -2.61. The number of aryl methyl sites for hydroxylation is 4. The third-order valence-corrected chi connectivity index (χ3v) is 10.1. The van der Waals surface area contributed by atoms with Gasteiger partial charge in [0, 0.05) is 34.1 Å². The van der Waals surface area contributed by atoms with Gasteiger partial charge in [-0.3, -0.25) is 0 Å². The first kappa shape index (κ1) is 26.4. The highest BCUT2D eigenvalue weighted by atomic mass is 15.2. The summed E-state index contributed by atoms with van der Waals surface area (Å²) in [4.78, 5) is 5.16. The fraction of sp³-hybridized carbons (Fsp3) is 0.250. The van der Waals surface area contributed by atoms with Crippen LogP contribution < -0.4 is 26.2 Å². The topological polar surface area (TPSA) is 6.48 Å². The number of fused-ring (bicyclic) bond motifs is 4. The second kappa shape index (κ2) is 10.2. The van der Waals surface area contributed by atoms with Crippen LogP contribution in [0.3, 0.4) is 0 Å². The molecule has 3 aliphatic rings. The molecule has 3 heteroatoms. The summed E-state index contributed by atoms with van der Waals surface area (Å²) in [5, 5.41) is 0. The van der Waals surface area contributed by atoms with Crippen LogP contribution in [0.15, 0.2) is 97.1 Å². The highest BCUT2D eigenvalue weighted by molar-refractivity contribution is 7.00. The Morgan fingerprint density at radius 2 is 1.23 bits per heavy atom. The van der Waals surface area contributed by atoms with Crippen LogP contribution in [-0.2, 0) is 0 Å². The molecule has 0 spiro atoms. The van der Waals surface area contributed by atoms with E-state index in [9.17, 15) is 0 Å². The van der Waals surface area contributed by atoms with E-state index in [-0.39, 0.29) is 6.71 Å². The first-order chi connectivity index (χ1) is 21.0. The summed E-state index contributed by atoms with van der Waals surface area (Å²) in [6.07, 6.45) is 6.57. The van der Waals surface area contributed by atoms with Crippen molar-refractivity contribution in [2.75, 3.05) is 9.80 Å². The van der Waals surface area contributed by atoms with Crippen LogP contribution >= 0.6 is 0 Å². The molecule has 2 nitrogen and oxygen atoms in total. The summed E-state index contributed by atoms with van der Waals surface area (Å²) in [5.41, 5.74) is 18.7. The van der Waals surface area contributed by atoms with Gasteiger partial charge in [-0.05, 0) is 128 Å². The number of rotatable bonds is 3. The summed E-state index contributed by atoms with van der Waals surface area (Å²) in [6.45, 7) is 9.09. The molecule has 0 amide bonds. The minimum atomic E-state index is 0.181. The SMILES string of the molecule is Cc1cccc(N2c3ccccc3B3c4ccc(C)cc4N(c4ccc(C)cc4C)c4cc(C5CCCCC5)cc2c43)c1. The Morgan fingerprint density at radius 3 is 2.02 bits per heavy atom. The molecule has 1 saturated carbocycles. The third-order valence-electron chi connectivity index (χ3n) is 10.1. The average Bonchev–Trinajstić information content (AvgIpc) is 3.01. The van der Waals surface area contributed by atoms with E-state index in [1.807, 2.05) is 0 Å². The molecule has 5 aromatic carbocycles. The second-order valence-corrected chi connectivity index (χ2v) is 13.2. The summed E-state index contributed by atoms with van der Waals surface area (Å²) < 4.78 is 0. The van der Waals surface area contributed by atoms with Crippen LogP contribution in [0.5, 0.6) is 0 Å².